The normalized spacial score (nSPS) is 13.2. The molecule has 6 nitrogen and oxygen atoms in total. The summed E-state index contributed by atoms with van der Waals surface area (Å²) in [7, 11) is 0. The van der Waals surface area contributed by atoms with Crippen molar-refractivity contribution in [3.8, 4) is 10.4 Å². The number of aromatic amines is 1. The summed E-state index contributed by atoms with van der Waals surface area (Å²) in [6, 6.07) is 12.7. The molecule has 0 unspecified atom stereocenters. The van der Waals surface area contributed by atoms with E-state index in [0.29, 0.717) is 39.9 Å². The van der Waals surface area contributed by atoms with Crippen LogP contribution < -0.4 is 10.6 Å². The number of nitrogens with two attached hydrogens (primary N) is 1. The Hall–Kier alpha value is -3.99. The number of aromatic nitrogens is 2. The highest BCUT2D eigenvalue weighted by atomic mass is 32.1. The second-order valence-corrected chi connectivity index (χ2v) is 9.00. The van der Waals surface area contributed by atoms with Gasteiger partial charge in [0.05, 0.1) is 10.6 Å². The van der Waals surface area contributed by atoms with Crippen LogP contribution in [0.1, 0.15) is 37.0 Å². The molecule has 178 valence electrons. The minimum absolute atomic E-state index is 0.208. The number of benzene rings is 2. The molecule has 2 aromatic carbocycles. The highest BCUT2D eigenvalue weighted by Crippen LogP contribution is 2.42. The van der Waals surface area contributed by atoms with Gasteiger partial charge in [-0.25, -0.2) is 4.39 Å². The number of alkyl halides is 3. The number of ketones is 1. The molecule has 0 spiro atoms. The number of hydrogen-bond acceptors (Lipinski definition) is 5. The molecule has 5 rings (SSSR count). The first-order chi connectivity index (χ1) is 16.6. The zero-order valence-corrected chi connectivity index (χ0v) is 18.6. The van der Waals surface area contributed by atoms with E-state index < -0.39 is 23.5 Å². The fraction of sp³-hybridized carbons (Fsp3) is 0.125. The first-order valence-corrected chi connectivity index (χ1v) is 11.2. The van der Waals surface area contributed by atoms with Crippen molar-refractivity contribution >= 4 is 34.4 Å². The van der Waals surface area contributed by atoms with Crippen LogP contribution in [0.15, 0.2) is 54.6 Å². The minimum Gasteiger partial charge on any atom is -0.399 e. The number of thiophene rings is 1. The highest BCUT2D eigenvalue weighted by molar-refractivity contribution is 7.17. The maximum Gasteiger partial charge on any atom is 0.435 e. The van der Waals surface area contributed by atoms with Gasteiger partial charge in [-0.15, -0.1) is 11.3 Å². The molecule has 0 aliphatic carbocycles. The largest absolute Gasteiger partial charge is 0.435 e. The second kappa shape index (κ2) is 8.35. The van der Waals surface area contributed by atoms with E-state index in [-0.39, 0.29) is 23.0 Å². The zero-order valence-electron chi connectivity index (χ0n) is 17.8. The van der Waals surface area contributed by atoms with Gasteiger partial charge in [0.15, 0.2) is 5.69 Å². The fourth-order valence-electron chi connectivity index (χ4n) is 3.94. The number of fused-ring (bicyclic) bond motifs is 3. The maximum atomic E-state index is 14.2. The summed E-state index contributed by atoms with van der Waals surface area (Å²) in [5.74, 6) is -1.50. The number of H-pyrrole nitrogens is 1. The van der Waals surface area contributed by atoms with Crippen molar-refractivity contribution in [2.24, 2.45) is 0 Å². The van der Waals surface area contributed by atoms with Crippen LogP contribution in [0, 0.1) is 5.82 Å². The first-order valence-electron chi connectivity index (χ1n) is 10.4. The summed E-state index contributed by atoms with van der Waals surface area (Å²) >= 11 is 1.07. The van der Waals surface area contributed by atoms with Crippen molar-refractivity contribution in [1.82, 2.24) is 10.2 Å². The number of hydrogen-bond donors (Lipinski definition) is 2. The SMILES string of the molecule is Nc1ccc(C(=O)N2CCc3cc(C(=O)c4cc(C(F)(F)F)n[nH]4)sc3-c3ccc(F)cc32)cc1. The third-order valence-corrected chi connectivity index (χ3v) is 6.86. The Kier molecular flexibility index (Phi) is 5.43. The van der Waals surface area contributed by atoms with Gasteiger partial charge in [0.2, 0.25) is 5.78 Å². The van der Waals surface area contributed by atoms with Crippen molar-refractivity contribution in [1.29, 1.82) is 0 Å². The molecule has 2 aromatic heterocycles. The van der Waals surface area contributed by atoms with E-state index in [9.17, 15) is 27.2 Å². The molecule has 0 radical (unpaired) electrons. The van der Waals surface area contributed by atoms with Gasteiger partial charge in [-0.1, -0.05) is 0 Å². The van der Waals surface area contributed by atoms with Gasteiger partial charge in [-0.2, -0.15) is 18.3 Å². The Morgan fingerprint density at radius 3 is 2.49 bits per heavy atom. The third kappa shape index (κ3) is 4.18. The maximum absolute atomic E-state index is 14.2. The van der Waals surface area contributed by atoms with Gasteiger partial charge >= 0.3 is 6.18 Å². The molecule has 3 N–H and O–H groups in total. The van der Waals surface area contributed by atoms with Crippen molar-refractivity contribution in [3.63, 3.8) is 0 Å². The van der Waals surface area contributed by atoms with E-state index in [1.54, 1.807) is 30.3 Å². The number of halogens is 4. The number of nitrogen functional groups attached to an aromatic ring is 1. The average Bonchev–Trinajstić information content (AvgIpc) is 3.45. The van der Waals surface area contributed by atoms with Gasteiger partial charge < -0.3 is 10.6 Å². The second-order valence-electron chi connectivity index (χ2n) is 7.95. The number of anilines is 2. The molecule has 1 amide bonds. The summed E-state index contributed by atoms with van der Waals surface area (Å²) in [5, 5.41) is 5.33. The monoisotopic (exact) mass is 500 g/mol. The van der Waals surface area contributed by atoms with Gasteiger partial charge in [0, 0.05) is 28.2 Å². The lowest BCUT2D eigenvalue weighted by molar-refractivity contribution is -0.141. The summed E-state index contributed by atoms with van der Waals surface area (Å²) in [6.45, 7) is 0.208. The summed E-state index contributed by atoms with van der Waals surface area (Å²) in [6.07, 6.45) is -4.32. The molecular weight excluding hydrogens is 484 g/mol. The Bertz CT molecular complexity index is 1460. The van der Waals surface area contributed by atoms with Crippen LogP contribution in [0.4, 0.5) is 28.9 Å². The average molecular weight is 500 g/mol. The van der Waals surface area contributed by atoms with E-state index in [1.165, 1.54) is 23.1 Å². The summed E-state index contributed by atoms with van der Waals surface area (Å²) < 4.78 is 52.9. The molecule has 0 fully saturated rings. The Balaban J connectivity index is 1.53. The topological polar surface area (TPSA) is 92.1 Å². The molecule has 11 heteroatoms. The Morgan fingerprint density at radius 2 is 1.80 bits per heavy atom. The minimum atomic E-state index is -4.68. The van der Waals surface area contributed by atoms with Crippen LogP contribution in [0.25, 0.3) is 10.4 Å². The Morgan fingerprint density at radius 1 is 1.06 bits per heavy atom. The van der Waals surface area contributed by atoms with E-state index in [4.69, 9.17) is 5.73 Å². The van der Waals surface area contributed by atoms with Crippen LogP contribution in [-0.2, 0) is 12.6 Å². The molecule has 0 saturated carbocycles. The number of carbonyl (C=O) groups excluding carboxylic acids is 2. The molecular formula is C24H16F4N4O2S. The molecule has 1 aliphatic rings. The van der Waals surface area contributed by atoms with E-state index in [0.717, 1.165) is 16.9 Å². The molecule has 35 heavy (non-hydrogen) atoms. The lowest BCUT2D eigenvalue weighted by Gasteiger charge is -2.23. The van der Waals surface area contributed by atoms with Gasteiger partial charge in [-0.3, -0.25) is 14.7 Å². The van der Waals surface area contributed by atoms with E-state index in [2.05, 4.69) is 10.2 Å². The van der Waals surface area contributed by atoms with Gasteiger partial charge in [-0.05, 0) is 66.6 Å². The summed E-state index contributed by atoms with van der Waals surface area (Å²) in [4.78, 5) is 28.5. The number of nitrogens with zero attached hydrogens (tertiary/aromatic N) is 2. The zero-order chi connectivity index (χ0) is 24.9. The molecule has 0 saturated heterocycles. The van der Waals surface area contributed by atoms with E-state index >= 15 is 0 Å². The quantitative estimate of drug-likeness (QED) is 0.227. The lowest BCUT2D eigenvalue weighted by Crippen LogP contribution is -2.32. The first kappa shape index (κ1) is 22.8. The van der Waals surface area contributed by atoms with Crippen molar-refractivity contribution in [2.45, 2.75) is 12.6 Å². The van der Waals surface area contributed by atoms with Crippen molar-refractivity contribution in [3.05, 3.63) is 87.8 Å². The number of nitrogens with one attached hydrogen (secondary N) is 1. The standard InChI is InChI=1S/C24H16F4N4O2S/c25-14-3-6-16-18(10-14)32(23(34)12-1-4-15(29)5-2-12)8-7-13-9-19(35-22(13)16)21(33)17-11-20(31-30-17)24(26,27)28/h1-6,9-11H,7-8,29H2,(H,30,31). The number of carbonyl (C=O) groups is 2. The van der Waals surface area contributed by atoms with Crippen molar-refractivity contribution in [2.75, 3.05) is 17.2 Å². The molecule has 1 aliphatic heterocycles. The smallest absolute Gasteiger partial charge is 0.399 e. The lowest BCUT2D eigenvalue weighted by atomic mass is 10.1. The van der Waals surface area contributed by atoms with E-state index in [1.807, 2.05) is 0 Å². The number of amides is 1. The van der Waals surface area contributed by atoms with Crippen LogP contribution >= 0.6 is 11.3 Å². The highest BCUT2D eigenvalue weighted by Gasteiger charge is 2.35. The summed E-state index contributed by atoms with van der Waals surface area (Å²) in [5.41, 5.74) is 6.75. The number of rotatable bonds is 3. The van der Waals surface area contributed by atoms with Crippen LogP contribution in [-0.4, -0.2) is 28.4 Å². The predicted octanol–water partition coefficient (Wildman–Crippen LogP) is 5.31. The molecule has 4 aromatic rings. The van der Waals surface area contributed by atoms with Crippen molar-refractivity contribution < 1.29 is 27.2 Å². The van der Waals surface area contributed by atoms with Crippen LogP contribution in [0.2, 0.25) is 0 Å². The van der Waals surface area contributed by atoms with Crippen LogP contribution in [0.3, 0.4) is 0 Å². The molecule has 0 atom stereocenters. The molecule has 3 heterocycles. The van der Waals surface area contributed by atoms with Crippen LogP contribution in [0.5, 0.6) is 0 Å². The molecule has 0 bridgehead atoms. The Labute approximate surface area is 200 Å². The third-order valence-electron chi connectivity index (χ3n) is 5.65. The fourth-order valence-corrected chi connectivity index (χ4v) is 5.13. The van der Waals surface area contributed by atoms with Gasteiger partial charge in [0.25, 0.3) is 5.91 Å². The van der Waals surface area contributed by atoms with Gasteiger partial charge in [0.1, 0.15) is 11.5 Å². The predicted molar refractivity (Wildman–Crippen MR) is 123 cm³/mol.